The van der Waals surface area contributed by atoms with Crippen LogP contribution >= 0.6 is 34.4 Å². The summed E-state index contributed by atoms with van der Waals surface area (Å²) < 4.78 is 19.4. The largest absolute Gasteiger partial charge is 0.493 e. The second kappa shape index (κ2) is 12.6. The average molecular weight is 629 g/mol. The number of para-hydroxylation sites is 1. The standard InChI is InChI=1S/C26H24IN5O4S/c1-34-21-13-18(14-22(35-2)24(21)36-3)25-30-31-26(32(25)20-10-5-4-6-11-20)37-16-23(33)29-28-15-17-8-7-9-19(27)12-17/h4-15H,16H2,1-3H3,(H,29,33)/b28-15+. The number of nitrogens with zero attached hydrogens (tertiary/aromatic N) is 4. The molecule has 0 saturated carbocycles. The molecule has 0 bridgehead atoms. The summed E-state index contributed by atoms with van der Waals surface area (Å²) in [6.45, 7) is 0. The van der Waals surface area contributed by atoms with Crippen molar-refractivity contribution < 1.29 is 19.0 Å². The topological polar surface area (TPSA) is 99.9 Å². The minimum absolute atomic E-state index is 0.101. The van der Waals surface area contributed by atoms with E-state index in [1.165, 1.54) is 11.8 Å². The molecule has 0 spiro atoms. The van der Waals surface area contributed by atoms with Crippen LogP contribution in [0.2, 0.25) is 0 Å². The molecule has 0 aliphatic heterocycles. The number of methoxy groups -OCH3 is 3. The van der Waals surface area contributed by atoms with Crippen molar-refractivity contribution in [3.8, 4) is 34.3 Å². The summed E-state index contributed by atoms with van der Waals surface area (Å²) in [5, 5.41) is 13.4. The second-order valence-electron chi connectivity index (χ2n) is 7.53. The highest BCUT2D eigenvalue weighted by molar-refractivity contribution is 14.1. The molecule has 0 unspecified atom stereocenters. The Labute approximate surface area is 232 Å². The summed E-state index contributed by atoms with van der Waals surface area (Å²) in [6.07, 6.45) is 1.61. The SMILES string of the molecule is COc1cc(-c2nnc(SCC(=O)N/N=C/c3cccc(I)c3)n2-c2ccccc2)cc(OC)c1OC. The van der Waals surface area contributed by atoms with E-state index in [0.29, 0.717) is 33.8 Å². The van der Waals surface area contributed by atoms with Crippen LogP contribution in [0.15, 0.2) is 77.0 Å². The molecule has 11 heteroatoms. The van der Waals surface area contributed by atoms with E-state index in [-0.39, 0.29) is 11.7 Å². The summed E-state index contributed by atoms with van der Waals surface area (Å²) in [5.74, 6) is 1.88. The Hall–Kier alpha value is -3.58. The Bertz CT molecular complexity index is 1390. The predicted molar refractivity (Wildman–Crippen MR) is 152 cm³/mol. The lowest BCUT2D eigenvalue weighted by atomic mass is 10.1. The maximum absolute atomic E-state index is 12.5. The summed E-state index contributed by atoms with van der Waals surface area (Å²) in [6, 6.07) is 21.1. The van der Waals surface area contributed by atoms with Crippen LogP contribution in [0.1, 0.15) is 5.56 Å². The molecular formula is C26H24IN5O4S. The molecule has 9 nitrogen and oxygen atoms in total. The number of carbonyl (C=O) groups excluding carboxylic acids is 1. The van der Waals surface area contributed by atoms with Crippen LogP contribution < -0.4 is 19.6 Å². The first-order valence-corrected chi connectivity index (χ1v) is 13.1. The van der Waals surface area contributed by atoms with Crippen molar-refractivity contribution >= 4 is 46.5 Å². The lowest BCUT2D eigenvalue weighted by Crippen LogP contribution is -2.20. The van der Waals surface area contributed by atoms with Gasteiger partial charge in [0, 0.05) is 14.8 Å². The molecule has 1 N–H and O–H groups in total. The first-order chi connectivity index (χ1) is 18.0. The van der Waals surface area contributed by atoms with Crippen LogP contribution in [0.5, 0.6) is 17.2 Å². The van der Waals surface area contributed by atoms with E-state index in [1.807, 2.05) is 71.3 Å². The summed E-state index contributed by atoms with van der Waals surface area (Å²) in [4.78, 5) is 12.5. The smallest absolute Gasteiger partial charge is 0.250 e. The fourth-order valence-corrected chi connectivity index (χ4v) is 4.81. The Morgan fingerprint density at radius 3 is 2.38 bits per heavy atom. The van der Waals surface area contributed by atoms with Gasteiger partial charge in [0.25, 0.3) is 5.91 Å². The molecular weight excluding hydrogens is 605 g/mol. The lowest BCUT2D eigenvalue weighted by Gasteiger charge is -2.15. The molecule has 37 heavy (non-hydrogen) atoms. The molecule has 190 valence electrons. The molecule has 0 fully saturated rings. The number of thioether (sulfide) groups is 1. The van der Waals surface area contributed by atoms with Crippen LogP contribution in [0.3, 0.4) is 0 Å². The van der Waals surface area contributed by atoms with Gasteiger partial charge in [-0.2, -0.15) is 5.10 Å². The quantitative estimate of drug-likeness (QED) is 0.116. The van der Waals surface area contributed by atoms with Crippen LogP contribution in [0.4, 0.5) is 0 Å². The molecule has 0 saturated heterocycles. The number of halogens is 1. The van der Waals surface area contributed by atoms with Gasteiger partial charge in [-0.25, -0.2) is 5.43 Å². The van der Waals surface area contributed by atoms with Gasteiger partial charge in [0.05, 0.1) is 33.3 Å². The maximum Gasteiger partial charge on any atom is 0.250 e. The summed E-state index contributed by atoms with van der Waals surface area (Å²) >= 11 is 3.48. The van der Waals surface area contributed by atoms with Crippen molar-refractivity contribution in [3.05, 3.63) is 75.9 Å². The third kappa shape index (κ3) is 6.41. The lowest BCUT2D eigenvalue weighted by molar-refractivity contribution is -0.118. The van der Waals surface area contributed by atoms with Gasteiger partial charge in [0.2, 0.25) is 5.75 Å². The third-order valence-corrected chi connectivity index (χ3v) is 6.75. The third-order valence-electron chi connectivity index (χ3n) is 5.15. The minimum atomic E-state index is -0.260. The number of hydrazone groups is 1. The highest BCUT2D eigenvalue weighted by atomic mass is 127. The van der Waals surface area contributed by atoms with Gasteiger partial charge in [-0.3, -0.25) is 9.36 Å². The van der Waals surface area contributed by atoms with Crippen LogP contribution in [0, 0.1) is 3.57 Å². The summed E-state index contributed by atoms with van der Waals surface area (Å²) in [7, 11) is 4.67. The van der Waals surface area contributed by atoms with Gasteiger partial charge >= 0.3 is 0 Å². The van der Waals surface area contributed by atoms with Crippen LogP contribution in [-0.2, 0) is 4.79 Å². The molecule has 1 heterocycles. The number of carbonyl (C=O) groups is 1. The van der Waals surface area contributed by atoms with Crippen molar-refractivity contribution in [1.29, 1.82) is 0 Å². The van der Waals surface area contributed by atoms with Gasteiger partial charge < -0.3 is 14.2 Å². The van der Waals surface area contributed by atoms with Gasteiger partial charge in [-0.05, 0) is 64.6 Å². The molecule has 1 amide bonds. The van der Waals surface area contributed by atoms with Crippen molar-refractivity contribution in [1.82, 2.24) is 20.2 Å². The number of hydrogen-bond donors (Lipinski definition) is 1. The Morgan fingerprint density at radius 1 is 1.00 bits per heavy atom. The molecule has 0 aliphatic rings. The molecule has 0 radical (unpaired) electrons. The van der Waals surface area contributed by atoms with E-state index in [9.17, 15) is 4.79 Å². The van der Waals surface area contributed by atoms with E-state index in [1.54, 1.807) is 27.5 Å². The fourth-order valence-electron chi connectivity index (χ4n) is 3.50. The maximum atomic E-state index is 12.5. The Balaban J connectivity index is 1.59. The number of hydrogen-bond acceptors (Lipinski definition) is 8. The molecule has 1 aromatic heterocycles. The summed E-state index contributed by atoms with van der Waals surface area (Å²) in [5.41, 5.74) is 5.02. The van der Waals surface area contributed by atoms with Crippen molar-refractivity contribution in [2.75, 3.05) is 27.1 Å². The van der Waals surface area contributed by atoms with Crippen molar-refractivity contribution in [2.24, 2.45) is 5.10 Å². The van der Waals surface area contributed by atoms with Crippen molar-refractivity contribution in [3.63, 3.8) is 0 Å². The van der Waals surface area contributed by atoms with Gasteiger partial charge in [-0.1, -0.05) is 42.1 Å². The first kappa shape index (κ1) is 26.5. The van der Waals surface area contributed by atoms with E-state index in [0.717, 1.165) is 14.8 Å². The van der Waals surface area contributed by atoms with Crippen LogP contribution in [0.25, 0.3) is 17.1 Å². The number of amides is 1. The highest BCUT2D eigenvalue weighted by Crippen LogP contribution is 2.41. The highest BCUT2D eigenvalue weighted by Gasteiger charge is 2.21. The van der Waals surface area contributed by atoms with E-state index in [4.69, 9.17) is 14.2 Å². The fraction of sp³-hybridized carbons (Fsp3) is 0.154. The average Bonchev–Trinajstić information content (AvgIpc) is 3.35. The number of benzene rings is 3. The number of ether oxygens (including phenoxy) is 3. The normalized spacial score (nSPS) is 10.9. The number of nitrogens with one attached hydrogen (secondary N) is 1. The molecule has 4 aromatic rings. The van der Waals surface area contributed by atoms with Crippen molar-refractivity contribution in [2.45, 2.75) is 5.16 Å². The van der Waals surface area contributed by atoms with E-state index >= 15 is 0 Å². The zero-order chi connectivity index (χ0) is 26.2. The van der Waals surface area contributed by atoms with E-state index in [2.05, 4.69) is 43.3 Å². The van der Waals surface area contributed by atoms with Gasteiger partial charge in [-0.15, -0.1) is 10.2 Å². The molecule has 0 atom stereocenters. The van der Waals surface area contributed by atoms with Gasteiger partial charge in [0.1, 0.15) is 0 Å². The predicted octanol–water partition coefficient (Wildman–Crippen LogP) is 4.81. The Morgan fingerprint density at radius 2 is 1.73 bits per heavy atom. The zero-order valence-electron chi connectivity index (χ0n) is 20.3. The minimum Gasteiger partial charge on any atom is -0.493 e. The zero-order valence-corrected chi connectivity index (χ0v) is 23.3. The first-order valence-electron chi connectivity index (χ1n) is 11.1. The molecule has 0 aliphatic carbocycles. The molecule has 4 rings (SSSR count). The number of rotatable bonds is 10. The monoisotopic (exact) mass is 629 g/mol. The van der Waals surface area contributed by atoms with E-state index < -0.39 is 0 Å². The number of aromatic nitrogens is 3. The Kier molecular flexibility index (Phi) is 9.01. The van der Waals surface area contributed by atoms with Crippen LogP contribution in [-0.4, -0.2) is 54.0 Å². The van der Waals surface area contributed by atoms with Gasteiger partial charge in [0.15, 0.2) is 22.5 Å². The second-order valence-corrected chi connectivity index (χ2v) is 9.72. The molecule has 3 aromatic carbocycles.